The van der Waals surface area contributed by atoms with E-state index in [4.69, 9.17) is 12.2 Å². The van der Waals surface area contributed by atoms with Gasteiger partial charge < -0.3 is 14.8 Å². The Morgan fingerprint density at radius 1 is 0.875 bits per heavy atom. The zero-order valence-corrected chi connectivity index (χ0v) is 20.0. The molecule has 0 amide bonds. The van der Waals surface area contributed by atoms with Crippen molar-refractivity contribution in [2.24, 2.45) is 0 Å². The first-order valence-electron chi connectivity index (χ1n) is 11.4. The van der Waals surface area contributed by atoms with E-state index in [1.807, 2.05) is 0 Å². The molecule has 0 saturated carbocycles. The number of hydrogen-bond donors (Lipinski definition) is 1. The van der Waals surface area contributed by atoms with Gasteiger partial charge in [0.15, 0.2) is 5.11 Å². The van der Waals surface area contributed by atoms with Gasteiger partial charge >= 0.3 is 0 Å². The van der Waals surface area contributed by atoms with Crippen LogP contribution in [-0.2, 0) is 26.1 Å². The van der Waals surface area contributed by atoms with E-state index < -0.39 is 0 Å². The second-order valence-electron chi connectivity index (χ2n) is 8.19. The van der Waals surface area contributed by atoms with Crippen LogP contribution in [0.3, 0.4) is 0 Å². The number of aromatic nitrogens is 1. The number of hydrogen-bond acceptors (Lipinski definition) is 1. The summed E-state index contributed by atoms with van der Waals surface area (Å²) in [5, 5.41) is 5.64. The van der Waals surface area contributed by atoms with Crippen molar-refractivity contribution in [3.63, 3.8) is 0 Å². The van der Waals surface area contributed by atoms with Crippen LogP contribution in [0.1, 0.15) is 36.1 Å². The Morgan fingerprint density at radius 3 is 2.38 bits per heavy atom. The highest BCUT2D eigenvalue weighted by atomic mass is 32.1. The van der Waals surface area contributed by atoms with Crippen LogP contribution in [0.2, 0.25) is 0 Å². The van der Waals surface area contributed by atoms with E-state index >= 15 is 0 Å². The predicted molar refractivity (Wildman–Crippen MR) is 140 cm³/mol. The highest BCUT2D eigenvalue weighted by Gasteiger charge is 2.17. The van der Waals surface area contributed by atoms with Crippen molar-refractivity contribution >= 4 is 33.9 Å². The lowest BCUT2D eigenvalue weighted by Gasteiger charge is -2.27. The van der Waals surface area contributed by atoms with Crippen LogP contribution in [0.5, 0.6) is 0 Å². The minimum Gasteiger partial charge on any atom is -0.347 e. The highest BCUT2D eigenvalue weighted by molar-refractivity contribution is 7.80. The molecule has 1 aromatic heterocycles. The topological polar surface area (TPSA) is 20.2 Å². The Labute approximate surface area is 196 Å². The third-order valence-electron chi connectivity index (χ3n) is 6.05. The van der Waals surface area contributed by atoms with Crippen LogP contribution in [0, 0.1) is 6.92 Å². The molecule has 0 aliphatic heterocycles. The first kappa shape index (κ1) is 22.1. The van der Waals surface area contributed by atoms with Crippen LogP contribution in [0.15, 0.2) is 79.0 Å². The molecule has 4 aromatic rings. The summed E-state index contributed by atoms with van der Waals surface area (Å²) in [4.78, 5) is 2.28. The summed E-state index contributed by atoms with van der Waals surface area (Å²) in [6, 6.07) is 25.6. The first-order chi connectivity index (χ1) is 15.6. The smallest absolute Gasteiger partial charge is 0.174 e. The van der Waals surface area contributed by atoms with Gasteiger partial charge in [-0.2, -0.15) is 0 Å². The molecule has 0 unspecified atom stereocenters. The van der Waals surface area contributed by atoms with Gasteiger partial charge in [0.2, 0.25) is 0 Å². The average molecular weight is 442 g/mol. The van der Waals surface area contributed by atoms with E-state index in [1.165, 1.54) is 33.2 Å². The Balaban J connectivity index is 1.68. The van der Waals surface area contributed by atoms with Gasteiger partial charge in [0.25, 0.3) is 0 Å². The number of benzene rings is 3. The molecule has 4 heteroatoms. The molecule has 4 rings (SSSR count). The molecule has 0 saturated heterocycles. The largest absolute Gasteiger partial charge is 0.347 e. The molecule has 0 atom stereocenters. The summed E-state index contributed by atoms with van der Waals surface area (Å²) in [6.45, 7) is 8.97. The Hall–Kier alpha value is -3.11. The minimum absolute atomic E-state index is 0.752. The summed E-state index contributed by atoms with van der Waals surface area (Å²) in [6.07, 6.45) is 3.24. The fourth-order valence-corrected chi connectivity index (χ4v) is 4.54. The fourth-order valence-electron chi connectivity index (χ4n) is 4.31. The van der Waals surface area contributed by atoms with Gasteiger partial charge in [-0.15, -0.1) is 0 Å². The number of nitrogens with zero attached hydrogens (tertiary/aromatic N) is 2. The van der Waals surface area contributed by atoms with Gasteiger partial charge in [0.05, 0.1) is 0 Å². The van der Waals surface area contributed by atoms with E-state index in [9.17, 15) is 0 Å². The third kappa shape index (κ3) is 4.71. The maximum Gasteiger partial charge on any atom is 0.174 e. The first-order valence-corrected chi connectivity index (χ1v) is 11.8. The van der Waals surface area contributed by atoms with Crippen molar-refractivity contribution in [2.75, 3.05) is 5.32 Å². The third-order valence-corrected chi connectivity index (χ3v) is 6.41. The zero-order chi connectivity index (χ0) is 22.5. The standard InChI is InChI=1S/C28H31N3S/c1-4-23-15-11-12-21(3)27(23)29-28(32)31(18-22-13-7-6-8-14-22)20-24-19-30(5-2)26-17-10-9-16-25(24)26/h6-17,19H,4-5,18,20H2,1-3H3,(H,29,32). The molecule has 3 nitrogen and oxygen atoms in total. The van der Waals surface area contributed by atoms with Crippen LogP contribution >= 0.6 is 12.2 Å². The average Bonchev–Trinajstić information content (AvgIpc) is 3.18. The summed E-state index contributed by atoms with van der Waals surface area (Å²) in [5.74, 6) is 0. The van der Waals surface area contributed by atoms with Gasteiger partial charge in [-0.3, -0.25) is 0 Å². The zero-order valence-electron chi connectivity index (χ0n) is 19.1. The number of thiocarbonyl (C=S) groups is 1. The Bertz CT molecular complexity index is 1210. The number of fused-ring (bicyclic) bond motifs is 1. The maximum absolute atomic E-state index is 5.99. The molecular formula is C28H31N3S. The van der Waals surface area contributed by atoms with Crippen LogP contribution in [-0.4, -0.2) is 14.6 Å². The van der Waals surface area contributed by atoms with E-state index in [0.717, 1.165) is 36.9 Å². The van der Waals surface area contributed by atoms with Gasteiger partial charge in [0.1, 0.15) is 0 Å². The second-order valence-corrected chi connectivity index (χ2v) is 8.58. The second kappa shape index (κ2) is 10.0. The van der Waals surface area contributed by atoms with E-state index in [2.05, 4.69) is 115 Å². The van der Waals surface area contributed by atoms with Gasteiger partial charge in [0, 0.05) is 42.4 Å². The van der Waals surface area contributed by atoms with Crippen LogP contribution in [0.4, 0.5) is 5.69 Å². The van der Waals surface area contributed by atoms with Gasteiger partial charge in [-0.05, 0) is 60.8 Å². The summed E-state index contributed by atoms with van der Waals surface area (Å²) in [7, 11) is 0. The lowest BCUT2D eigenvalue weighted by Crippen LogP contribution is -2.34. The van der Waals surface area contributed by atoms with Crippen LogP contribution < -0.4 is 5.32 Å². The van der Waals surface area contributed by atoms with Crippen molar-refractivity contribution in [1.29, 1.82) is 0 Å². The van der Waals surface area contributed by atoms with Gasteiger partial charge in [-0.1, -0.05) is 73.7 Å². The van der Waals surface area contributed by atoms with Gasteiger partial charge in [-0.25, -0.2) is 0 Å². The molecule has 0 bridgehead atoms. The van der Waals surface area contributed by atoms with Crippen molar-refractivity contribution in [2.45, 2.75) is 46.8 Å². The number of nitrogens with one attached hydrogen (secondary N) is 1. The molecule has 3 aromatic carbocycles. The normalized spacial score (nSPS) is 11.0. The monoisotopic (exact) mass is 441 g/mol. The Kier molecular flexibility index (Phi) is 6.91. The van der Waals surface area contributed by atoms with E-state index in [1.54, 1.807) is 0 Å². The molecule has 0 aliphatic carbocycles. The summed E-state index contributed by atoms with van der Waals surface area (Å²) in [5.41, 5.74) is 7.45. The molecule has 0 fully saturated rings. The van der Waals surface area contributed by atoms with Crippen molar-refractivity contribution < 1.29 is 0 Å². The van der Waals surface area contributed by atoms with Crippen molar-refractivity contribution in [3.05, 3.63) is 101 Å². The number of anilines is 1. The minimum atomic E-state index is 0.752. The molecule has 32 heavy (non-hydrogen) atoms. The van der Waals surface area contributed by atoms with Crippen molar-refractivity contribution in [3.8, 4) is 0 Å². The summed E-state index contributed by atoms with van der Waals surface area (Å²) >= 11 is 5.99. The molecule has 1 heterocycles. The van der Waals surface area contributed by atoms with E-state index in [-0.39, 0.29) is 0 Å². The van der Waals surface area contributed by atoms with E-state index in [0.29, 0.717) is 0 Å². The predicted octanol–water partition coefficient (Wildman–Crippen LogP) is 6.93. The summed E-state index contributed by atoms with van der Waals surface area (Å²) < 4.78 is 2.32. The molecule has 1 N–H and O–H groups in total. The quantitative estimate of drug-likeness (QED) is 0.314. The molecule has 0 spiro atoms. The maximum atomic E-state index is 5.99. The lowest BCUT2D eigenvalue weighted by atomic mass is 10.1. The van der Waals surface area contributed by atoms with Crippen molar-refractivity contribution in [1.82, 2.24) is 9.47 Å². The molecular weight excluding hydrogens is 410 g/mol. The van der Waals surface area contributed by atoms with Crippen LogP contribution in [0.25, 0.3) is 10.9 Å². The Morgan fingerprint density at radius 2 is 1.62 bits per heavy atom. The molecule has 0 aliphatic rings. The SMILES string of the molecule is CCc1cccc(C)c1NC(=S)N(Cc1ccccc1)Cc1cn(CC)c2ccccc12. The fraction of sp³-hybridized carbons (Fsp3) is 0.250. The molecule has 164 valence electrons. The lowest BCUT2D eigenvalue weighted by molar-refractivity contribution is 0.414. The molecule has 0 radical (unpaired) electrons. The highest BCUT2D eigenvalue weighted by Crippen LogP contribution is 2.25. The number of para-hydroxylation sites is 2. The number of rotatable bonds is 7. The number of aryl methyl sites for hydroxylation is 3.